The predicted octanol–water partition coefficient (Wildman–Crippen LogP) is 1.29. The second kappa shape index (κ2) is 5.25. The van der Waals surface area contributed by atoms with Crippen LogP contribution in [0.15, 0.2) is 11.8 Å². The fraction of sp³-hybridized carbons (Fsp3) is 0.800. The molecule has 2 unspecified atom stereocenters. The van der Waals surface area contributed by atoms with Gasteiger partial charge in [-0.1, -0.05) is 6.92 Å². The summed E-state index contributed by atoms with van der Waals surface area (Å²) in [5.41, 5.74) is 5.96. The van der Waals surface area contributed by atoms with Gasteiger partial charge in [-0.05, 0) is 18.4 Å². The van der Waals surface area contributed by atoms with Gasteiger partial charge in [-0.3, -0.25) is 0 Å². The third-order valence-corrected chi connectivity index (χ3v) is 2.21. The molecule has 0 aromatic rings. The second-order valence-corrected chi connectivity index (χ2v) is 3.65. The number of ether oxygens (including phenoxy) is 2. The van der Waals surface area contributed by atoms with E-state index in [0.29, 0.717) is 5.92 Å². The fourth-order valence-corrected chi connectivity index (χ4v) is 1.60. The van der Waals surface area contributed by atoms with Crippen molar-refractivity contribution in [3.63, 3.8) is 0 Å². The van der Waals surface area contributed by atoms with Gasteiger partial charge in [-0.15, -0.1) is 0 Å². The van der Waals surface area contributed by atoms with Crippen LogP contribution in [0.25, 0.3) is 0 Å². The normalized spacial score (nSPS) is 20.7. The lowest BCUT2D eigenvalue weighted by Gasteiger charge is -2.17. The van der Waals surface area contributed by atoms with Gasteiger partial charge < -0.3 is 15.2 Å². The molecular weight excluding hydrogens is 166 g/mol. The molecule has 0 aromatic carbocycles. The molecule has 0 saturated heterocycles. The van der Waals surface area contributed by atoms with Gasteiger partial charge in [0, 0.05) is 20.1 Å². The van der Waals surface area contributed by atoms with Gasteiger partial charge in [0.05, 0.1) is 12.6 Å². The highest BCUT2D eigenvalue weighted by Crippen LogP contribution is 2.17. The van der Waals surface area contributed by atoms with Crippen molar-refractivity contribution in [2.24, 2.45) is 11.7 Å². The average Bonchev–Trinajstić information content (AvgIpc) is 2.55. The van der Waals surface area contributed by atoms with E-state index in [2.05, 4.69) is 13.0 Å². The van der Waals surface area contributed by atoms with E-state index in [1.54, 1.807) is 7.11 Å². The van der Waals surface area contributed by atoms with Crippen LogP contribution in [0.4, 0.5) is 0 Å². The predicted molar refractivity (Wildman–Crippen MR) is 52.3 cm³/mol. The molecule has 1 aliphatic heterocycles. The molecule has 0 bridgehead atoms. The van der Waals surface area contributed by atoms with Crippen LogP contribution in [0.1, 0.15) is 19.8 Å². The lowest BCUT2D eigenvalue weighted by molar-refractivity contribution is 0.146. The molecule has 0 aliphatic carbocycles. The summed E-state index contributed by atoms with van der Waals surface area (Å²) < 4.78 is 10.4. The molecule has 0 amide bonds. The maximum atomic E-state index is 5.96. The largest absolute Gasteiger partial charge is 0.496 e. The molecule has 0 radical (unpaired) electrons. The Morgan fingerprint density at radius 1 is 1.69 bits per heavy atom. The maximum Gasteiger partial charge on any atom is 0.109 e. The Morgan fingerprint density at radius 3 is 3.00 bits per heavy atom. The zero-order valence-electron chi connectivity index (χ0n) is 8.45. The van der Waals surface area contributed by atoms with E-state index in [1.165, 1.54) is 0 Å². The van der Waals surface area contributed by atoms with E-state index in [-0.39, 0.29) is 6.04 Å². The first-order valence-corrected chi connectivity index (χ1v) is 4.81. The standard InChI is InChI=1S/C10H19NO2/c1-8(7-12-2)6-9(11)10-4-3-5-13-10/h4,8-9H,3,5-7,11H2,1-2H3. The van der Waals surface area contributed by atoms with Gasteiger partial charge in [0.15, 0.2) is 0 Å². The Balaban J connectivity index is 2.27. The molecule has 1 rings (SSSR count). The first kappa shape index (κ1) is 10.5. The van der Waals surface area contributed by atoms with Crippen molar-refractivity contribution in [1.29, 1.82) is 0 Å². The summed E-state index contributed by atoms with van der Waals surface area (Å²) in [6, 6.07) is 0.0487. The minimum absolute atomic E-state index is 0.0487. The van der Waals surface area contributed by atoms with Gasteiger partial charge in [-0.25, -0.2) is 0 Å². The lowest BCUT2D eigenvalue weighted by atomic mass is 10.0. The summed E-state index contributed by atoms with van der Waals surface area (Å²) in [6.45, 7) is 3.70. The molecule has 3 heteroatoms. The van der Waals surface area contributed by atoms with E-state index >= 15 is 0 Å². The van der Waals surface area contributed by atoms with E-state index in [1.807, 2.05) is 0 Å². The molecule has 3 nitrogen and oxygen atoms in total. The second-order valence-electron chi connectivity index (χ2n) is 3.65. The van der Waals surface area contributed by atoms with Crippen LogP contribution in [0.5, 0.6) is 0 Å². The van der Waals surface area contributed by atoms with Gasteiger partial charge in [0.1, 0.15) is 5.76 Å². The molecule has 2 N–H and O–H groups in total. The Morgan fingerprint density at radius 2 is 2.46 bits per heavy atom. The van der Waals surface area contributed by atoms with Crippen molar-refractivity contribution in [3.05, 3.63) is 11.8 Å². The van der Waals surface area contributed by atoms with Crippen molar-refractivity contribution in [3.8, 4) is 0 Å². The van der Waals surface area contributed by atoms with Crippen LogP contribution < -0.4 is 5.73 Å². The molecule has 13 heavy (non-hydrogen) atoms. The Bertz CT molecular complexity index is 180. The van der Waals surface area contributed by atoms with Crippen LogP contribution in [0, 0.1) is 5.92 Å². The molecule has 1 aliphatic rings. The van der Waals surface area contributed by atoms with Crippen molar-refractivity contribution >= 4 is 0 Å². The van der Waals surface area contributed by atoms with Crippen LogP contribution in [-0.2, 0) is 9.47 Å². The number of nitrogens with two attached hydrogens (primary N) is 1. The maximum absolute atomic E-state index is 5.96. The number of methoxy groups -OCH3 is 1. The van der Waals surface area contributed by atoms with E-state index in [4.69, 9.17) is 15.2 Å². The third kappa shape index (κ3) is 3.36. The number of hydrogen-bond donors (Lipinski definition) is 1. The fourth-order valence-electron chi connectivity index (χ4n) is 1.60. The summed E-state index contributed by atoms with van der Waals surface area (Å²) in [4.78, 5) is 0. The van der Waals surface area contributed by atoms with Gasteiger partial charge >= 0.3 is 0 Å². The van der Waals surface area contributed by atoms with Crippen molar-refractivity contribution in [2.75, 3.05) is 20.3 Å². The van der Waals surface area contributed by atoms with Crippen molar-refractivity contribution in [1.82, 2.24) is 0 Å². The van der Waals surface area contributed by atoms with Crippen LogP contribution in [0.2, 0.25) is 0 Å². The molecular formula is C10H19NO2. The van der Waals surface area contributed by atoms with Crippen molar-refractivity contribution < 1.29 is 9.47 Å². The Labute approximate surface area is 79.9 Å². The topological polar surface area (TPSA) is 44.5 Å². The smallest absolute Gasteiger partial charge is 0.109 e. The molecule has 1 heterocycles. The highest BCUT2D eigenvalue weighted by molar-refractivity contribution is 5.06. The first-order chi connectivity index (χ1) is 6.24. The molecule has 2 atom stereocenters. The van der Waals surface area contributed by atoms with E-state index in [9.17, 15) is 0 Å². The monoisotopic (exact) mass is 185 g/mol. The molecule has 0 aromatic heterocycles. The van der Waals surface area contributed by atoms with Crippen molar-refractivity contribution in [2.45, 2.75) is 25.8 Å². The highest BCUT2D eigenvalue weighted by atomic mass is 16.5. The van der Waals surface area contributed by atoms with Crippen LogP contribution in [-0.4, -0.2) is 26.4 Å². The molecule has 0 spiro atoms. The van der Waals surface area contributed by atoms with E-state index in [0.717, 1.165) is 31.8 Å². The summed E-state index contributed by atoms with van der Waals surface area (Å²) in [6.07, 6.45) is 4.02. The number of hydrogen-bond acceptors (Lipinski definition) is 3. The van der Waals surface area contributed by atoms with Gasteiger partial charge in [-0.2, -0.15) is 0 Å². The zero-order chi connectivity index (χ0) is 9.68. The van der Waals surface area contributed by atoms with Gasteiger partial charge in [0.2, 0.25) is 0 Å². The lowest BCUT2D eigenvalue weighted by Crippen LogP contribution is -2.26. The summed E-state index contributed by atoms with van der Waals surface area (Å²) >= 11 is 0. The molecule has 0 fully saturated rings. The van der Waals surface area contributed by atoms with Crippen LogP contribution in [0.3, 0.4) is 0 Å². The Kier molecular flexibility index (Phi) is 4.25. The highest BCUT2D eigenvalue weighted by Gasteiger charge is 2.17. The molecule has 76 valence electrons. The summed E-state index contributed by atoms with van der Waals surface area (Å²) in [5.74, 6) is 1.45. The van der Waals surface area contributed by atoms with Gasteiger partial charge in [0.25, 0.3) is 0 Å². The van der Waals surface area contributed by atoms with Crippen LogP contribution >= 0.6 is 0 Å². The van der Waals surface area contributed by atoms with E-state index < -0.39 is 0 Å². The minimum Gasteiger partial charge on any atom is -0.496 e. The summed E-state index contributed by atoms with van der Waals surface area (Å²) in [5, 5.41) is 0. The minimum atomic E-state index is 0.0487. The Hall–Kier alpha value is -0.540. The summed E-state index contributed by atoms with van der Waals surface area (Å²) in [7, 11) is 1.72. The average molecular weight is 185 g/mol. The number of rotatable bonds is 5. The SMILES string of the molecule is COCC(C)CC(N)C1=CCCO1. The molecule has 0 saturated carbocycles. The third-order valence-electron chi connectivity index (χ3n) is 2.21. The zero-order valence-corrected chi connectivity index (χ0v) is 8.45. The first-order valence-electron chi connectivity index (χ1n) is 4.81. The quantitative estimate of drug-likeness (QED) is 0.702.